The molecule has 148 valence electrons. The summed E-state index contributed by atoms with van der Waals surface area (Å²) >= 11 is 1.12. The van der Waals surface area contributed by atoms with Gasteiger partial charge in [-0.05, 0) is 24.1 Å². The number of esters is 1. The monoisotopic (exact) mass is 410 g/mol. The zero-order chi connectivity index (χ0) is 20.8. The average molecular weight is 410 g/mol. The van der Waals surface area contributed by atoms with E-state index in [2.05, 4.69) is 5.32 Å². The van der Waals surface area contributed by atoms with E-state index in [1.54, 1.807) is 25.1 Å². The maximum atomic E-state index is 12.5. The fraction of sp³-hybridized carbons (Fsp3) is 0.143. The molecule has 0 aliphatic heterocycles. The van der Waals surface area contributed by atoms with Crippen LogP contribution in [0.1, 0.15) is 22.2 Å². The van der Waals surface area contributed by atoms with Crippen LogP contribution in [0, 0.1) is 10.1 Å². The summed E-state index contributed by atoms with van der Waals surface area (Å²) in [6.45, 7) is 1.89. The Labute approximate surface area is 171 Å². The first-order valence-electron chi connectivity index (χ1n) is 8.87. The van der Waals surface area contributed by atoms with E-state index in [1.807, 2.05) is 30.3 Å². The third-order valence-electron chi connectivity index (χ3n) is 4.02. The van der Waals surface area contributed by atoms with Crippen molar-refractivity contribution in [2.24, 2.45) is 0 Å². The van der Waals surface area contributed by atoms with Crippen molar-refractivity contribution in [3.8, 4) is 10.4 Å². The number of nitrogens with one attached hydrogen (secondary N) is 1. The molecule has 0 aliphatic carbocycles. The molecular weight excluding hydrogens is 392 g/mol. The number of anilines is 1. The van der Waals surface area contributed by atoms with Crippen LogP contribution in [-0.2, 0) is 16.0 Å². The molecule has 0 unspecified atom stereocenters. The van der Waals surface area contributed by atoms with Crippen LogP contribution in [0.3, 0.4) is 0 Å². The highest BCUT2D eigenvalue weighted by Gasteiger charge is 2.21. The molecule has 0 bridgehead atoms. The van der Waals surface area contributed by atoms with Gasteiger partial charge in [0.1, 0.15) is 4.88 Å². The second-order valence-corrected chi connectivity index (χ2v) is 7.14. The van der Waals surface area contributed by atoms with Gasteiger partial charge in [0.05, 0.1) is 23.6 Å². The normalized spacial score (nSPS) is 10.4. The number of amides is 1. The lowest BCUT2D eigenvalue weighted by atomic mass is 10.1. The van der Waals surface area contributed by atoms with Gasteiger partial charge in [0.25, 0.3) is 5.69 Å². The molecule has 29 heavy (non-hydrogen) atoms. The summed E-state index contributed by atoms with van der Waals surface area (Å²) in [6.07, 6.45) is 0.158. The van der Waals surface area contributed by atoms with Crippen LogP contribution >= 0.6 is 11.3 Å². The highest BCUT2D eigenvalue weighted by atomic mass is 32.1. The SMILES string of the molecule is CCOC(=O)c1sc(-c2cccc([N+](=O)[O-])c2)cc1NC(=O)Cc1ccccc1. The van der Waals surface area contributed by atoms with Gasteiger partial charge in [-0.2, -0.15) is 0 Å². The quantitative estimate of drug-likeness (QED) is 0.346. The van der Waals surface area contributed by atoms with E-state index in [9.17, 15) is 19.7 Å². The number of carbonyl (C=O) groups is 2. The summed E-state index contributed by atoms with van der Waals surface area (Å²) in [7, 11) is 0. The lowest BCUT2D eigenvalue weighted by Gasteiger charge is -2.06. The number of hydrogen-bond acceptors (Lipinski definition) is 6. The largest absolute Gasteiger partial charge is 0.462 e. The van der Waals surface area contributed by atoms with Crippen LogP contribution in [0.2, 0.25) is 0 Å². The van der Waals surface area contributed by atoms with Gasteiger partial charge in [-0.15, -0.1) is 11.3 Å². The van der Waals surface area contributed by atoms with Gasteiger partial charge in [0.2, 0.25) is 5.91 Å². The maximum absolute atomic E-state index is 12.5. The van der Waals surface area contributed by atoms with Crippen molar-refractivity contribution >= 4 is 34.6 Å². The first kappa shape index (κ1) is 20.2. The van der Waals surface area contributed by atoms with Crippen molar-refractivity contribution < 1.29 is 19.2 Å². The third kappa shape index (κ3) is 5.05. The average Bonchev–Trinajstić information content (AvgIpc) is 3.12. The number of thiophene rings is 1. The van der Waals surface area contributed by atoms with Gasteiger partial charge < -0.3 is 10.1 Å². The van der Waals surface area contributed by atoms with Crippen molar-refractivity contribution in [1.82, 2.24) is 0 Å². The van der Waals surface area contributed by atoms with Crippen LogP contribution in [0.15, 0.2) is 60.7 Å². The standard InChI is InChI=1S/C21H18N2O5S/c1-2-28-21(25)20-17(22-19(24)11-14-7-4-3-5-8-14)13-18(29-20)15-9-6-10-16(12-15)23(26)27/h3-10,12-13H,2,11H2,1H3,(H,22,24). The minimum absolute atomic E-state index is 0.0525. The highest BCUT2D eigenvalue weighted by Crippen LogP contribution is 2.36. The smallest absolute Gasteiger partial charge is 0.350 e. The minimum atomic E-state index is -0.552. The molecule has 3 rings (SSSR count). The number of benzene rings is 2. The predicted octanol–water partition coefficient (Wildman–Crippen LogP) is 4.68. The summed E-state index contributed by atoms with van der Waals surface area (Å²) in [4.78, 5) is 36.2. The third-order valence-corrected chi connectivity index (χ3v) is 5.18. The molecule has 8 heteroatoms. The Bertz CT molecular complexity index is 1050. The number of ether oxygens (including phenoxy) is 1. The molecule has 1 amide bonds. The van der Waals surface area contributed by atoms with Gasteiger partial charge in [0, 0.05) is 17.0 Å². The van der Waals surface area contributed by atoms with E-state index in [-0.39, 0.29) is 29.5 Å². The fourth-order valence-electron chi connectivity index (χ4n) is 2.72. The predicted molar refractivity (Wildman–Crippen MR) is 111 cm³/mol. The first-order chi connectivity index (χ1) is 14.0. The Balaban J connectivity index is 1.90. The van der Waals surface area contributed by atoms with Crippen molar-refractivity contribution in [3.05, 3.63) is 81.2 Å². The van der Waals surface area contributed by atoms with E-state index < -0.39 is 10.9 Å². The summed E-state index contributed by atoms with van der Waals surface area (Å²) in [6, 6.07) is 17.0. The van der Waals surface area contributed by atoms with Crippen LogP contribution < -0.4 is 5.32 Å². The zero-order valence-electron chi connectivity index (χ0n) is 15.6. The second kappa shape index (κ2) is 9.11. The molecule has 7 nitrogen and oxygen atoms in total. The number of rotatable bonds is 7. The van der Waals surface area contributed by atoms with Gasteiger partial charge >= 0.3 is 5.97 Å². The minimum Gasteiger partial charge on any atom is -0.462 e. The van der Waals surface area contributed by atoms with Gasteiger partial charge in [-0.3, -0.25) is 14.9 Å². The van der Waals surface area contributed by atoms with Crippen LogP contribution in [0.25, 0.3) is 10.4 Å². The number of nitro groups is 1. The molecule has 0 aliphatic rings. The molecule has 1 heterocycles. The summed E-state index contributed by atoms with van der Waals surface area (Å²) in [5.74, 6) is -0.825. The zero-order valence-corrected chi connectivity index (χ0v) is 16.4. The van der Waals surface area contributed by atoms with Crippen LogP contribution in [-0.4, -0.2) is 23.4 Å². The molecule has 0 saturated heterocycles. The highest BCUT2D eigenvalue weighted by molar-refractivity contribution is 7.18. The van der Waals surface area contributed by atoms with Crippen LogP contribution in [0.4, 0.5) is 11.4 Å². The molecule has 0 atom stereocenters. The Morgan fingerprint density at radius 3 is 2.55 bits per heavy atom. The van der Waals surface area contributed by atoms with E-state index in [0.717, 1.165) is 16.9 Å². The Morgan fingerprint density at radius 2 is 1.86 bits per heavy atom. The fourth-order valence-corrected chi connectivity index (χ4v) is 3.73. The topological polar surface area (TPSA) is 98.5 Å². The number of non-ortho nitro benzene ring substituents is 1. The van der Waals surface area contributed by atoms with Crippen LogP contribution in [0.5, 0.6) is 0 Å². The molecule has 0 radical (unpaired) electrons. The number of nitrogens with zero attached hydrogens (tertiary/aromatic N) is 1. The molecule has 0 spiro atoms. The lowest BCUT2D eigenvalue weighted by molar-refractivity contribution is -0.384. The Hall–Kier alpha value is -3.52. The molecule has 0 saturated carbocycles. The number of carbonyl (C=O) groups excluding carboxylic acids is 2. The van der Waals surface area contributed by atoms with Gasteiger partial charge in [0.15, 0.2) is 0 Å². The maximum Gasteiger partial charge on any atom is 0.350 e. The second-order valence-electron chi connectivity index (χ2n) is 6.09. The molecule has 1 N–H and O–H groups in total. The van der Waals surface area contributed by atoms with E-state index in [1.165, 1.54) is 12.1 Å². The summed E-state index contributed by atoms with van der Waals surface area (Å²) in [5, 5.41) is 13.8. The molecule has 3 aromatic rings. The molecular formula is C21H18N2O5S. The lowest BCUT2D eigenvalue weighted by Crippen LogP contribution is -2.16. The van der Waals surface area contributed by atoms with E-state index in [4.69, 9.17) is 4.74 Å². The Morgan fingerprint density at radius 1 is 1.10 bits per heavy atom. The number of hydrogen-bond donors (Lipinski definition) is 1. The van der Waals surface area contributed by atoms with E-state index in [0.29, 0.717) is 16.1 Å². The van der Waals surface area contributed by atoms with Crippen molar-refractivity contribution in [2.45, 2.75) is 13.3 Å². The Kier molecular flexibility index (Phi) is 6.36. The molecule has 1 aromatic heterocycles. The molecule has 0 fully saturated rings. The molecule has 2 aromatic carbocycles. The first-order valence-corrected chi connectivity index (χ1v) is 9.69. The van der Waals surface area contributed by atoms with Gasteiger partial charge in [-0.25, -0.2) is 4.79 Å². The van der Waals surface area contributed by atoms with Crippen molar-refractivity contribution in [2.75, 3.05) is 11.9 Å². The number of nitro benzene ring substituents is 1. The summed E-state index contributed by atoms with van der Waals surface area (Å²) < 4.78 is 5.09. The van der Waals surface area contributed by atoms with Crippen molar-refractivity contribution in [1.29, 1.82) is 0 Å². The summed E-state index contributed by atoms with van der Waals surface area (Å²) in [5.41, 5.74) is 1.70. The van der Waals surface area contributed by atoms with E-state index >= 15 is 0 Å². The van der Waals surface area contributed by atoms with Crippen molar-refractivity contribution in [3.63, 3.8) is 0 Å². The van der Waals surface area contributed by atoms with Gasteiger partial charge in [-0.1, -0.05) is 42.5 Å².